The summed E-state index contributed by atoms with van der Waals surface area (Å²) in [7, 11) is 5.53. The zero-order valence-electron chi connectivity index (χ0n) is 12.9. The third-order valence-electron chi connectivity index (χ3n) is 2.34. The van der Waals surface area contributed by atoms with E-state index in [9.17, 15) is 9.59 Å². The van der Waals surface area contributed by atoms with Crippen LogP contribution in [0.15, 0.2) is 18.2 Å². The van der Waals surface area contributed by atoms with Crippen LogP contribution in [0.5, 0.6) is 0 Å². The average Bonchev–Trinajstić information content (AvgIpc) is 2.49. The molecule has 0 aromatic heterocycles. The number of carbonyl (C=O) groups excluding carboxylic acids is 2. The van der Waals surface area contributed by atoms with Crippen LogP contribution in [0, 0.1) is 0 Å². The van der Waals surface area contributed by atoms with Crippen molar-refractivity contribution < 1.29 is 19.1 Å². The van der Waals surface area contributed by atoms with E-state index in [4.69, 9.17) is 22.7 Å². The number of hydrogen-bond donors (Lipinski definition) is 1. The fraction of sp³-hybridized carbons (Fsp3) is 0.400. The molecule has 5 nitrogen and oxygen atoms in total. The monoisotopic (exact) mass is 290 g/mol. The number of esters is 2. The Morgan fingerprint density at radius 1 is 1.05 bits per heavy atom. The van der Waals surface area contributed by atoms with Crippen LogP contribution in [0.1, 0.15) is 54.0 Å². The van der Waals surface area contributed by atoms with E-state index in [0.717, 1.165) is 0 Å². The zero-order valence-corrected chi connectivity index (χ0v) is 12.9. The van der Waals surface area contributed by atoms with Crippen molar-refractivity contribution in [3.8, 4) is 0 Å². The Hall–Kier alpha value is -2.11. The van der Waals surface area contributed by atoms with Gasteiger partial charge in [0.2, 0.25) is 0 Å². The Balaban J connectivity index is 0.00000191. The average molecular weight is 290 g/mol. The summed E-state index contributed by atoms with van der Waals surface area (Å²) in [6.07, 6.45) is 0. The van der Waals surface area contributed by atoms with Crippen LogP contribution in [0.3, 0.4) is 0 Å². The van der Waals surface area contributed by atoms with E-state index in [1.54, 1.807) is 13.8 Å². The van der Waals surface area contributed by atoms with E-state index in [2.05, 4.69) is 0 Å². The van der Waals surface area contributed by atoms with Crippen LogP contribution in [-0.4, -0.2) is 38.2 Å². The molecule has 0 aliphatic heterocycles. The summed E-state index contributed by atoms with van der Waals surface area (Å²) < 4.78 is 9.75. The first-order chi connectivity index (χ1) is 10.0. The quantitative estimate of drug-likeness (QED) is 0.659. The SMILES string of the molecule is CC.[B]=C(N)c1cc(C(=O)OCC)ccc1C(=O)OCC. The molecule has 21 heavy (non-hydrogen) atoms. The molecule has 1 aromatic rings. The van der Waals surface area contributed by atoms with Crippen molar-refractivity contribution in [2.75, 3.05) is 13.2 Å². The number of benzene rings is 1. The van der Waals surface area contributed by atoms with Gasteiger partial charge in [-0.05, 0) is 0 Å². The van der Waals surface area contributed by atoms with E-state index in [1.807, 2.05) is 13.8 Å². The fourth-order valence-corrected chi connectivity index (χ4v) is 1.51. The molecule has 113 valence electrons. The molecule has 0 aliphatic carbocycles. The summed E-state index contributed by atoms with van der Waals surface area (Å²) in [5.74, 6) is -1.04. The Bertz CT molecular complexity index is 514. The van der Waals surface area contributed by atoms with Crippen molar-refractivity contribution in [3.63, 3.8) is 0 Å². The molecule has 0 amide bonds. The van der Waals surface area contributed by atoms with Crippen molar-refractivity contribution in [1.29, 1.82) is 0 Å². The molecule has 0 aliphatic rings. The molecular weight excluding hydrogens is 269 g/mol. The first-order valence-electron chi connectivity index (χ1n) is 6.87. The molecule has 2 N–H and O–H groups in total. The molecule has 1 aromatic carbocycles. The second-order valence-corrected chi connectivity index (χ2v) is 3.66. The van der Waals surface area contributed by atoms with Crippen molar-refractivity contribution in [2.24, 2.45) is 5.73 Å². The molecule has 0 saturated carbocycles. The van der Waals surface area contributed by atoms with Gasteiger partial charge in [-0.2, -0.15) is 0 Å². The van der Waals surface area contributed by atoms with Gasteiger partial charge in [-0.25, -0.2) is 0 Å². The van der Waals surface area contributed by atoms with Crippen LogP contribution < -0.4 is 5.73 Å². The van der Waals surface area contributed by atoms with Gasteiger partial charge in [-0.1, -0.05) is 13.8 Å². The second-order valence-electron chi connectivity index (χ2n) is 3.66. The van der Waals surface area contributed by atoms with E-state index in [1.165, 1.54) is 18.2 Å². The van der Waals surface area contributed by atoms with E-state index >= 15 is 0 Å². The summed E-state index contributed by atoms with van der Waals surface area (Å²) in [4.78, 5) is 23.3. The maximum absolute atomic E-state index is 11.7. The van der Waals surface area contributed by atoms with Crippen LogP contribution in [0.4, 0.5) is 0 Å². The molecule has 0 fully saturated rings. The minimum atomic E-state index is -0.540. The van der Waals surface area contributed by atoms with E-state index in [-0.39, 0.29) is 35.5 Å². The van der Waals surface area contributed by atoms with E-state index in [0.29, 0.717) is 0 Å². The van der Waals surface area contributed by atoms with Crippen LogP contribution in [0.25, 0.3) is 0 Å². The molecule has 0 atom stereocenters. The Labute approximate surface area is 126 Å². The van der Waals surface area contributed by atoms with Gasteiger partial charge in [0.25, 0.3) is 0 Å². The molecule has 6 heteroatoms. The molecule has 1 radical (unpaired) electrons. The first kappa shape index (κ1) is 18.9. The predicted molar refractivity (Wildman–Crippen MR) is 83.8 cm³/mol. The zero-order chi connectivity index (χ0) is 16.4. The molecule has 0 spiro atoms. The first-order valence-corrected chi connectivity index (χ1v) is 6.87. The van der Waals surface area contributed by atoms with Crippen molar-refractivity contribution in [3.05, 3.63) is 34.9 Å². The van der Waals surface area contributed by atoms with Gasteiger partial charge in [-0.3, -0.25) is 0 Å². The number of rotatable bonds is 5. The van der Waals surface area contributed by atoms with Gasteiger partial charge in [0, 0.05) is 0 Å². The third-order valence-corrected chi connectivity index (χ3v) is 2.34. The van der Waals surface area contributed by atoms with Gasteiger partial charge < -0.3 is 0 Å². The fourth-order valence-electron chi connectivity index (χ4n) is 1.51. The molecule has 0 heterocycles. The summed E-state index contributed by atoms with van der Waals surface area (Å²) in [6, 6.07) is 4.33. The summed E-state index contributed by atoms with van der Waals surface area (Å²) in [5.41, 5.74) is 6.23. The van der Waals surface area contributed by atoms with Crippen molar-refractivity contribution in [2.45, 2.75) is 27.7 Å². The standard InChI is InChI=1S/C13H15BNO4.C2H6/c1-3-18-12(16)8-5-6-9(13(17)19-4-2)10(7-8)11(14)15;1-2/h5-7H,3-4,15H2,1-2H3;1-2H3. The molecular formula is C15H21BNO4. The normalized spacial score (nSPS) is 9.10. The molecule has 0 bridgehead atoms. The summed E-state index contributed by atoms with van der Waals surface area (Å²) in [6.45, 7) is 7.90. The number of ether oxygens (including phenoxy) is 2. The molecule has 0 unspecified atom stereocenters. The van der Waals surface area contributed by atoms with Crippen molar-refractivity contribution >= 4 is 25.0 Å². The second kappa shape index (κ2) is 9.74. The number of nitrogens with two attached hydrogens (primary N) is 1. The van der Waals surface area contributed by atoms with Crippen LogP contribution in [-0.2, 0) is 9.47 Å². The van der Waals surface area contributed by atoms with Gasteiger partial charge in [0.15, 0.2) is 0 Å². The summed E-state index contributed by atoms with van der Waals surface area (Å²) >= 11 is 0. The van der Waals surface area contributed by atoms with Crippen LogP contribution >= 0.6 is 0 Å². The minimum absolute atomic E-state index is 0.0609. The topological polar surface area (TPSA) is 78.6 Å². The van der Waals surface area contributed by atoms with Crippen LogP contribution in [0.2, 0.25) is 0 Å². The Kier molecular flexibility index (Phi) is 8.77. The van der Waals surface area contributed by atoms with Gasteiger partial charge in [0.1, 0.15) is 0 Å². The van der Waals surface area contributed by atoms with Gasteiger partial charge in [-0.15, -0.1) is 0 Å². The maximum atomic E-state index is 11.7. The number of hydrogen-bond acceptors (Lipinski definition) is 5. The Morgan fingerprint density at radius 2 is 1.57 bits per heavy atom. The van der Waals surface area contributed by atoms with E-state index < -0.39 is 11.9 Å². The van der Waals surface area contributed by atoms with Gasteiger partial charge in [0.05, 0.1) is 0 Å². The predicted octanol–water partition coefficient (Wildman–Crippen LogP) is 1.67. The third kappa shape index (κ3) is 5.42. The number of carbonyl (C=O) groups is 2. The van der Waals surface area contributed by atoms with Gasteiger partial charge >= 0.3 is 112 Å². The summed E-state index contributed by atoms with van der Waals surface area (Å²) in [5, 5.41) is 0. The van der Waals surface area contributed by atoms with Crippen molar-refractivity contribution in [1.82, 2.24) is 0 Å². The Morgan fingerprint density at radius 3 is 2.05 bits per heavy atom. The molecule has 1 rings (SSSR count). The molecule has 0 saturated heterocycles.